The molecular formula is C16H14FN5O3. The van der Waals surface area contributed by atoms with Gasteiger partial charge in [-0.3, -0.25) is 5.32 Å². The Kier molecular flexibility index (Phi) is 4.29. The van der Waals surface area contributed by atoms with Gasteiger partial charge in [0.25, 0.3) is 0 Å². The van der Waals surface area contributed by atoms with Gasteiger partial charge in [0, 0.05) is 32.4 Å². The number of pyridine rings is 1. The van der Waals surface area contributed by atoms with E-state index < -0.39 is 11.9 Å². The molecule has 1 aromatic carbocycles. The quantitative estimate of drug-likeness (QED) is 0.750. The molecule has 3 aromatic rings. The van der Waals surface area contributed by atoms with Crippen LogP contribution in [0.1, 0.15) is 0 Å². The Labute approximate surface area is 141 Å². The van der Waals surface area contributed by atoms with E-state index in [4.69, 9.17) is 9.84 Å². The van der Waals surface area contributed by atoms with Crippen LogP contribution >= 0.6 is 0 Å². The Hall–Kier alpha value is -3.49. The summed E-state index contributed by atoms with van der Waals surface area (Å²) in [4.78, 5) is 25.2. The first-order valence-electron chi connectivity index (χ1n) is 7.20. The van der Waals surface area contributed by atoms with Crippen LogP contribution in [0.15, 0.2) is 36.7 Å². The van der Waals surface area contributed by atoms with Gasteiger partial charge in [-0.2, -0.15) is 0 Å². The zero-order valence-corrected chi connectivity index (χ0v) is 13.4. The molecule has 0 saturated carbocycles. The highest BCUT2D eigenvalue weighted by Crippen LogP contribution is 2.29. The average molecular weight is 343 g/mol. The van der Waals surface area contributed by atoms with Crippen molar-refractivity contribution in [2.75, 3.05) is 24.3 Å². The summed E-state index contributed by atoms with van der Waals surface area (Å²) in [6.07, 6.45) is 1.75. The number of rotatable bonds is 4. The third-order valence-corrected chi connectivity index (χ3v) is 3.27. The number of hydrogen-bond acceptors (Lipinski definition) is 6. The molecule has 3 rings (SSSR count). The highest BCUT2D eigenvalue weighted by atomic mass is 19.1. The molecule has 0 aliphatic carbocycles. The lowest BCUT2D eigenvalue weighted by atomic mass is 10.3. The molecule has 0 atom stereocenters. The number of hydrogen-bond donors (Lipinski definition) is 2. The first-order valence-corrected chi connectivity index (χ1v) is 7.20. The number of ether oxygens (including phenoxy) is 1. The topological polar surface area (TPSA) is 100 Å². The Balaban J connectivity index is 1.92. The molecule has 0 aliphatic heterocycles. The molecule has 0 aliphatic rings. The maximum atomic E-state index is 13.9. The zero-order chi connectivity index (χ0) is 18.0. The molecule has 25 heavy (non-hydrogen) atoms. The van der Waals surface area contributed by atoms with Crippen molar-refractivity contribution in [3.8, 4) is 11.5 Å². The minimum atomic E-state index is -1.35. The Bertz CT molecular complexity index is 948. The molecule has 0 unspecified atom stereocenters. The number of nitrogens with zero attached hydrogens (tertiary/aromatic N) is 4. The maximum Gasteiger partial charge on any atom is 0.409 e. The number of benzene rings is 1. The molecule has 128 valence electrons. The van der Waals surface area contributed by atoms with Gasteiger partial charge in [-0.05, 0) is 12.1 Å². The summed E-state index contributed by atoms with van der Waals surface area (Å²) in [6, 6.07) is 5.40. The van der Waals surface area contributed by atoms with Crippen LogP contribution in [0.3, 0.4) is 0 Å². The lowest BCUT2D eigenvalue weighted by molar-refractivity contribution is 0.209. The second-order valence-corrected chi connectivity index (χ2v) is 5.28. The number of anilines is 2. The summed E-state index contributed by atoms with van der Waals surface area (Å²) in [6.45, 7) is 0. The Morgan fingerprint density at radius 3 is 2.76 bits per heavy atom. The van der Waals surface area contributed by atoms with Gasteiger partial charge in [0.15, 0.2) is 22.7 Å². The molecule has 0 bridgehead atoms. The van der Waals surface area contributed by atoms with Crippen LogP contribution in [-0.2, 0) is 0 Å². The normalized spacial score (nSPS) is 10.5. The second kappa shape index (κ2) is 6.56. The zero-order valence-electron chi connectivity index (χ0n) is 13.4. The first-order chi connectivity index (χ1) is 11.9. The predicted molar refractivity (Wildman–Crippen MR) is 89.8 cm³/mol. The molecule has 2 aromatic heterocycles. The number of amides is 1. The van der Waals surface area contributed by atoms with Crippen LogP contribution < -0.4 is 15.0 Å². The van der Waals surface area contributed by atoms with Crippen LogP contribution in [0, 0.1) is 5.82 Å². The van der Waals surface area contributed by atoms with Gasteiger partial charge in [0.2, 0.25) is 0 Å². The van der Waals surface area contributed by atoms with Crippen molar-refractivity contribution in [2.45, 2.75) is 0 Å². The molecular weight excluding hydrogens is 329 g/mol. The fourth-order valence-electron chi connectivity index (χ4n) is 2.09. The van der Waals surface area contributed by atoms with Crippen LogP contribution in [0.4, 0.5) is 20.7 Å². The van der Waals surface area contributed by atoms with Gasteiger partial charge >= 0.3 is 6.09 Å². The summed E-state index contributed by atoms with van der Waals surface area (Å²) in [5.74, 6) is 0.451. The van der Waals surface area contributed by atoms with Gasteiger partial charge in [-0.15, -0.1) is 0 Å². The SMILES string of the molecule is CN(C)c1cnc2c(Oc3ccc(NC(=O)O)c(F)c3)ccnc2n1. The van der Waals surface area contributed by atoms with Crippen molar-refractivity contribution in [1.82, 2.24) is 15.0 Å². The second-order valence-electron chi connectivity index (χ2n) is 5.28. The van der Waals surface area contributed by atoms with Crippen LogP contribution in [0.2, 0.25) is 0 Å². The third-order valence-electron chi connectivity index (χ3n) is 3.27. The summed E-state index contributed by atoms with van der Waals surface area (Å²) in [5.41, 5.74) is 0.671. The van der Waals surface area contributed by atoms with E-state index in [0.717, 1.165) is 6.07 Å². The minimum absolute atomic E-state index is 0.158. The maximum absolute atomic E-state index is 13.9. The number of carbonyl (C=O) groups is 1. The highest BCUT2D eigenvalue weighted by molar-refractivity contribution is 5.83. The van der Waals surface area contributed by atoms with Crippen molar-refractivity contribution < 1.29 is 19.0 Å². The average Bonchev–Trinajstić information content (AvgIpc) is 2.57. The van der Waals surface area contributed by atoms with Crippen LogP contribution in [-0.4, -0.2) is 40.2 Å². The molecule has 8 nitrogen and oxygen atoms in total. The van der Waals surface area contributed by atoms with Gasteiger partial charge in [-0.25, -0.2) is 24.1 Å². The molecule has 0 spiro atoms. The number of aromatic nitrogens is 3. The van der Waals surface area contributed by atoms with E-state index >= 15 is 0 Å². The Morgan fingerprint density at radius 2 is 2.08 bits per heavy atom. The van der Waals surface area contributed by atoms with Crippen LogP contribution in [0.25, 0.3) is 11.2 Å². The largest absolute Gasteiger partial charge is 0.465 e. The van der Waals surface area contributed by atoms with Gasteiger partial charge in [0.05, 0.1) is 11.9 Å². The summed E-state index contributed by atoms with van der Waals surface area (Å²) in [7, 11) is 3.68. The molecule has 1 amide bonds. The summed E-state index contributed by atoms with van der Waals surface area (Å²) in [5, 5.41) is 10.6. The fraction of sp³-hybridized carbons (Fsp3) is 0.125. The molecule has 0 fully saturated rings. The predicted octanol–water partition coefficient (Wildman–Crippen LogP) is 3.11. The number of nitrogens with one attached hydrogen (secondary N) is 1. The van der Waals surface area contributed by atoms with Gasteiger partial charge in [0.1, 0.15) is 11.6 Å². The first kappa shape index (κ1) is 16.4. The van der Waals surface area contributed by atoms with E-state index in [9.17, 15) is 9.18 Å². The smallest absolute Gasteiger partial charge is 0.409 e. The molecule has 0 saturated heterocycles. The van der Waals surface area contributed by atoms with Crippen molar-refractivity contribution in [2.24, 2.45) is 0 Å². The van der Waals surface area contributed by atoms with E-state index in [2.05, 4.69) is 15.0 Å². The van der Waals surface area contributed by atoms with E-state index in [1.165, 1.54) is 18.3 Å². The summed E-state index contributed by atoms with van der Waals surface area (Å²) >= 11 is 0. The van der Waals surface area contributed by atoms with E-state index in [1.807, 2.05) is 19.4 Å². The lowest BCUT2D eigenvalue weighted by Gasteiger charge is -2.12. The van der Waals surface area contributed by atoms with E-state index in [1.54, 1.807) is 17.2 Å². The van der Waals surface area contributed by atoms with Crippen molar-refractivity contribution in [1.29, 1.82) is 0 Å². The van der Waals surface area contributed by atoms with E-state index in [-0.39, 0.29) is 11.4 Å². The number of halogens is 1. The van der Waals surface area contributed by atoms with E-state index in [0.29, 0.717) is 22.7 Å². The molecule has 0 radical (unpaired) electrons. The highest BCUT2D eigenvalue weighted by Gasteiger charge is 2.11. The lowest BCUT2D eigenvalue weighted by Crippen LogP contribution is -2.11. The van der Waals surface area contributed by atoms with Gasteiger partial charge in [-0.1, -0.05) is 0 Å². The summed E-state index contributed by atoms with van der Waals surface area (Å²) < 4.78 is 19.6. The molecule has 9 heteroatoms. The number of fused-ring (bicyclic) bond motifs is 1. The van der Waals surface area contributed by atoms with Crippen molar-refractivity contribution in [3.05, 3.63) is 42.5 Å². The fourth-order valence-corrected chi connectivity index (χ4v) is 2.09. The number of carboxylic acid groups (broad SMARTS) is 1. The monoisotopic (exact) mass is 343 g/mol. The van der Waals surface area contributed by atoms with Crippen molar-refractivity contribution in [3.63, 3.8) is 0 Å². The minimum Gasteiger partial charge on any atom is -0.465 e. The molecule has 2 N–H and O–H groups in total. The van der Waals surface area contributed by atoms with Gasteiger partial charge < -0.3 is 14.7 Å². The van der Waals surface area contributed by atoms with Crippen molar-refractivity contribution >= 4 is 28.8 Å². The third kappa shape index (κ3) is 3.55. The molecule has 2 heterocycles. The Morgan fingerprint density at radius 1 is 1.28 bits per heavy atom. The standard InChI is InChI=1S/C16H14FN5O3/c1-22(2)13-8-19-14-12(5-6-18-15(14)21-13)25-9-3-4-11(10(17)7-9)20-16(23)24/h3-8,20H,1-2H3,(H,23,24). The van der Waals surface area contributed by atoms with Crippen LogP contribution in [0.5, 0.6) is 11.5 Å².